The SMILES string of the molecule is C[C@H]1Oc2ccc(Cl)cc2N(C[C@H](O)CO)C1=O. The zero-order valence-corrected chi connectivity index (χ0v) is 10.6. The van der Waals surface area contributed by atoms with Gasteiger partial charge in [0.05, 0.1) is 24.9 Å². The average Bonchev–Trinajstić information content (AvgIpc) is 2.35. The molecule has 0 fully saturated rings. The maximum atomic E-state index is 12.0. The largest absolute Gasteiger partial charge is 0.479 e. The molecule has 0 radical (unpaired) electrons. The number of carbonyl (C=O) groups excluding carboxylic acids is 1. The van der Waals surface area contributed by atoms with Crippen LogP contribution in [0.1, 0.15) is 6.92 Å². The van der Waals surface area contributed by atoms with Crippen LogP contribution in [0.5, 0.6) is 5.75 Å². The van der Waals surface area contributed by atoms with Gasteiger partial charge in [-0.05, 0) is 25.1 Å². The molecule has 1 aliphatic heterocycles. The molecule has 1 aliphatic rings. The predicted molar refractivity (Wildman–Crippen MR) is 67.0 cm³/mol. The van der Waals surface area contributed by atoms with Crippen LogP contribution in [0, 0.1) is 0 Å². The lowest BCUT2D eigenvalue weighted by atomic mass is 10.1. The van der Waals surface area contributed by atoms with Crippen molar-refractivity contribution < 1.29 is 19.7 Å². The van der Waals surface area contributed by atoms with Gasteiger partial charge in [-0.15, -0.1) is 0 Å². The molecule has 0 saturated heterocycles. The Labute approximate surface area is 110 Å². The first kappa shape index (κ1) is 13.1. The van der Waals surface area contributed by atoms with Crippen molar-refractivity contribution in [3.63, 3.8) is 0 Å². The van der Waals surface area contributed by atoms with Gasteiger partial charge in [-0.25, -0.2) is 0 Å². The topological polar surface area (TPSA) is 70.0 Å². The lowest BCUT2D eigenvalue weighted by Crippen LogP contribution is -2.48. The van der Waals surface area contributed by atoms with Crippen LogP contribution in [-0.2, 0) is 4.79 Å². The molecule has 98 valence electrons. The molecule has 2 rings (SSSR count). The number of nitrogens with zero attached hydrogens (tertiary/aromatic N) is 1. The van der Waals surface area contributed by atoms with Crippen LogP contribution in [0.3, 0.4) is 0 Å². The zero-order chi connectivity index (χ0) is 13.3. The van der Waals surface area contributed by atoms with E-state index < -0.39 is 18.8 Å². The van der Waals surface area contributed by atoms with E-state index in [1.165, 1.54) is 4.90 Å². The third-order valence-electron chi connectivity index (χ3n) is 2.73. The first-order valence-corrected chi connectivity index (χ1v) is 5.97. The molecule has 18 heavy (non-hydrogen) atoms. The standard InChI is InChI=1S/C12H14ClNO4/c1-7-12(17)14(5-9(16)6-15)10-4-8(13)2-3-11(10)18-7/h2-4,7,9,15-16H,5-6H2,1H3/t7-,9+/m1/s1. The second-order valence-corrected chi connectivity index (χ2v) is 4.59. The first-order valence-electron chi connectivity index (χ1n) is 5.59. The van der Waals surface area contributed by atoms with Crippen LogP contribution < -0.4 is 9.64 Å². The number of β-amino-alcohol motifs (C(OH)–C–C–N with tert-alkyl or cyclic N) is 1. The van der Waals surface area contributed by atoms with Crippen LogP contribution in [-0.4, -0.2) is 41.5 Å². The summed E-state index contributed by atoms with van der Waals surface area (Å²) in [6, 6.07) is 4.95. The average molecular weight is 272 g/mol. The van der Waals surface area contributed by atoms with Crippen LogP contribution in [0.15, 0.2) is 18.2 Å². The third-order valence-corrected chi connectivity index (χ3v) is 2.97. The Hall–Kier alpha value is -1.30. The van der Waals surface area contributed by atoms with Gasteiger partial charge in [0.25, 0.3) is 5.91 Å². The normalized spacial score (nSPS) is 20.3. The highest BCUT2D eigenvalue weighted by atomic mass is 35.5. The molecule has 5 nitrogen and oxygen atoms in total. The summed E-state index contributed by atoms with van der Waals surface area (Å²) in [7, 11) is 0. The van der Waals surface area contributed by atoms with Crippen molar-refractivity contribution in [3.05, 3.63) is 23.2 Å². The van der Waals surface area contributed by atoms with Crippen LogP contribution in [0.4, 0.5) is 5.69 Å². The van der Waals surface area contributed by atoms with Crippen molar-refractivity contribution in [1.29, 1.82) is 0 Å². The number of aliphatic hydroxyl groups excluding tert-OH is 2. The van der Waals surface area contributed by atoms with Gasteiger partial charge in [0, 0.05) is 5.02 Å². The number of rotatable bonds is 3. The third kappa shape index (κ3) is 2.43. The summed E-state index contributed by atoms with van der Waals surface area (Å²) in [5.41, 5.74) is 0.512. The molecule has 1 heterocycles. The number of anilines is 1. The van der Waals surface area contributed by atoms with E-state index in [1.54, 1.807) is 25.1 Å². The van der Waals surface area contributed by atoms with Crippen molar-refractivity contribution in [2.24, 2.45) is 0 Å². The van der Waals surface area contributed by atoms with E-state index >= 15 is 0 Å². The highest BCUT2D eigenvalue weighted by Crippen LogP contribution is 2.36. The molecule has 1 aromatic rings. The Bertz CT molecular complexity index is 465. The number of aliphatic hydroxyl groups is 2. The van der Waals surface area contributed by atoms with Crippen molar-refractivity contribution in [2.75, 3.05) is 18.1 Å². The maximum Gasteiger partial charge on any atom is 0.267 e. The fourth-order valence-corrected chi connectivity index (χ4v) is 2.00. The molecular formula is C12H14ClNO4. The van der Waals surface area contributed by atoms with E-state index in [2.05, 4.69) is 0 Å². The Balaban J connectivity index is 2.37. The summed E-state index contributed by atoms with van der Waals surface area (Å²) < 4.78 is 5.45. The highest BCUT2D eigenvalue weighted by molar-refractivity contribution is 6.31. The second-order valence-electron chi connectivity index (χ2n) is 4.16. The van der Waals surface area contributed by atoms with Gasteiger partial charge in [-0.3, -0.25) is 4.79 Å². The molecule has 0 bridgehead atoms. The Morgan fingerprint density at radius 2 is 2.28 bits per heavy atom. The van der Waals surface area contributed by atoms with E-state index in [-0.39, 0.29) is 12.5 Å². The van der Waals surface area contributed by atoms with E-state index in [9.17, 15) is 9.90 Å². The van der Waals surface area contributed by atoms with Gasteiger partial charge in [0.1, 0.15) is 5.75 Å². The van der Waals surface area contributed by atoms with E-state index in [4.69, 9.17) is 21.4 Å². The molecule has 2 N–H and O–H groups in total. The number of halogens is 1. The van der Waals surface area contributed by atoms with Crippen molar-refractivity contribution in [1.82, 2.24) is 0 Å². The van der Waals surface area contributed by atoms with Crippen LogP contribution >= 0.6 is 11.6 Å². The first-order chi connectivity index (χ1) is 8.52. The minimum absolute atomic E-state index is 0.0103. The fraction of sp³-hybridized carbons (Fsp3) is 0.417. The molecule has 6 heteroatoms. The smallest absolute Gasteiger partial charge is 0.267 e. The summed E-state index contributed by atoms with van der Waals surface area (Å²) in [4.78, 5) is 13.4. The van der Waals surface area contributed by atoms with Gasteiger partial charge >= 0.3 is 0 Å². The van der Waals surface area contributed by atoms with Crippen LogP contribution in [0.2, 0.25) is 5.02 Å². The van der Waals surface area contributed by atoms with Crippen LogP contribution in [0.25, 0.3) is 0 Å². The molecule has 2 atom stereocenters. The van der Waals surface area contributed by atoms with E-state index in [1.807, 2.05) is 0 Å². The Morgan fingerprint density at radius 1 is 1.56 bits per heavy atom. The van der Waals surface area contributed by atoms with E-state index in [0.717, 1.165) is 0 Å². The lowest BCUT2D eigenvalue weighted by Gasteiger charge is -2.34. The summed E-state index contributed by atoms with van der Waals surface area (Å²) >= 11 is 5.89. The van der Waals surface area contributed by atoms with Crippen molar-refractivity contribution in [2.45, 2.75) is 19.1 Å². The molecule has 0 saturated carbocycles. The summed E-state index contributed by atoms with van der Waals surface area (Å²) in [6.07, 6.45) is -1.62. The molecule has 0 spiro atoms. The number of fused-ring (bicyclic) bond motifs is 1. The quantitative estimate of drug-likeness (QED) is 0.853. The van der Waals surface area contributed by atoms with Gasteiger partial charge in [-0.1, -0.05) is 11.6 Å². The molecule has 0 unspecified atom stereocenters. The number of hydrogen-bond donors (Lipinski definition) is 2. The predicted octanol–water partition coefficient (Wildman–Crippen LogP) is 0.807. The zero-order valence-electron chi connectivity index (χ0n) is 9.84. The number of ether oxygens (including phenoxy) is 1. The summed E-state index contributed by atoms with van der Waals surface area (Å²) in [5.74, 6) is 0.272. The van der Waals surface area contributed by atoms with Crippen molar-refractivity contribution >= 4 is 23.2 Å². The Kier molecular flexibility index (Phi) is 3.75. The number of benzene rings is 1. The van der Waals surface area contributed by atoms with E-state index in [0.29, 0.717) is 16.5 Å². The minimum Gasteiger partial charge on any atom is -0.479 e. The van der Waals surface area contributed by atoms with Gasteiger partial charge in [-0.2, -0.15) is 0 Å². The molecular weight excluding hydrogens is 258 g/mol. The maximum absolute atomic E-state index is 12.0. The van der Waals surface area contributed by atoms with Gasteiger partial charge < -0.3 is 19.8 Å². The number of amides is 1. The summed E-state index contributed by atoms with van der Waals surface area (Å²) in [5, 5.41) is 18.8. The lowest BCUT2D eigenvalue weighted by molar-refractivity contribution is -0.126. The summed E-state index contributed by atoms with van der Waals surface area (Å²) in [6.45, 7) is 1.24. The molecule has 1 aromatic carbocycles. The number of hydrogen-bond acceptors (Lipinski definition) is 4. The molecule has 0 aromatic heterocycles. The minimum atomic E-state index is -0.994. The van der Waals surface area contributed by atoms with Crippen molar-refractivity contribution in [3.8, 4) is 5.75 Å². The molecule has 0 aliphatic carbocycles. The Morgan fingerprint density at radius 3 is 2.94 bits per heavy atom. The highest BCUT2D eigenvalue weighted by Gasteiger charge is 2.32. The second kappa shape index (κ2) is 5.14. The monoisotopic (exact) mass is 271 g/mol. The fourth-order valence-electron chi connectivity index (χ4n) is 1.84. The van der Waals surface area contributed by atoms with Gasteiger partial charge in [0.15, 0.2) is 6.10 Å². The number of carbonyl (C=O) groups is 1. The molecule has 1 amide bonds. The van der Waals surface area contributed by atoms with Gasteiger partial charge in [0.2, 0.25) is 0 Å².